The van der Waals surface area contributed by atoms with Crippen molar-refractivity contribution in [3.05, 3.63) is 111 Å². The molecule has 0 fully saturated rings. The summed E-state index contributed by atoms with van der Waals surface area (Å²) in [6.07, 6.45) is 2.80. The van der Waals surface area contributed by atoms with Crippen LogP contribution in [0.25, 0.3) is 17.4 Å². The first kappa shape index (κ1) is 30.2. The summed E-state index contributed by atoms with van der Waals surface area (Å²) in [5.74, 6) is 0.589. The molecular formula is C31H28BrN3O7S. The highest BCUT2D eigenvalue weighted by Crippen LogP contribution is 2.38. The van der Waals surface area contributed by atoms with Crippen LogP contribution in [0.15, 0.2) is 78.5 Å². The molecule has 0 aliphatic carbocycles. The normalized spacial score (nSPS) is 14.8. The topological polar surface area (TPSA) is 126 Å². The van der Waals surface area contributed by atoms with Gasteiger partial charge in [-0.15, -0.1) is 0 Å². The van der Waals surface area contributed by atoms with E-state index in [0.29, 0.717) is 49.8 Å². The summed E-state index contributed by atoms with van der Waals surface area (Å²) >= 11 is 4.68. The number of nitro benzene ring substituents is 1. The van der Waals surface area contributed by atoms with Gasteiger partial charge in [-0.1, -0.05) is 46.7 Å². The molecule has 0 N–H and O–H groups in total. The summed E-state index contributed by atoms with van der Waals surface area (Å²) in [5, 5.41) is 11.7. The molecule has 12 heteroatoms. The predicted molar refractivity (Wildman–Crippen MR) is 166 cm³/mol. The lowest BCUT2D eigenvalue weighted by atomic mass is 9.93. The van der Waals surface area contributed by atoms with Gasteiger partial charge in [-0.25, -0.2) is 9.79 Å². The van der Waals surface area contributed by atoms with Gasteiger partial charge >= 0.3 is 5.97 Å². The highest BCUT2D eigenvalue weighted by Gasteiger charge is 2.36. The summed E-state index contributed by atoms with van der Waals surface area (Å²) in [7, 11) is 1.53. The summed E-state index contributed by atoms with van der Waals surface area (Å²) in [5.41, 5.74) is 2.07. The van der Waals surface area contributed by atoms with E-state index in [0.717, 1.165) is 16.5 Å². The van der Waals surface area contributed by atoms with Gasteiger partial charge in [0, 0.05) is 22.2 Å². The third-order valence-corrected chi connectivity index (χ3v) is 8.37. The molecule has 43 heavy (non-hydrogen) atoms. The Morgan fingerprint density at radius 3 is 2.70 bits per heavy atom. The zero-order chi connectivity index (χ0) is 30.8. The van der Waals surface area contributed by atoms with E-state index in [4.69, 9.17) is 18.9 Å². The van der Waals surface area contributed by atoms with Gasteiger partial charge in [-0.05, 0) is 62.2 Å². The van der Waals surface area contributed by atoms with E-state index in [1.165, 1.54) is 29.1 Å². The number of halogens is 1. The van der Waals surface area contributed by atoms with Crippen molar-refractivity contribution in [1.29, 1.82) is 0 Å². The van der Waals surface area contributed by atoms with Crippen molar-refractivity contribution in [2.45, 2.75) is 39.7 Å². The molecular weight excluding hydrogens is 638 g/mol. The van der Waals surface area contributed by atoms with Crippen molar-refractivity contribution >= 4 is 45.0 Å². The Morgan fingerprint density at radius 2 is 2.00 bits per heavy atom. The van der Waals surface area contributed by atoms with Gasteiger partial charge in [0.25, 0.3) is 11.2 Å². The zero-order valence-electron chi connectivity index (χ0n) is 23.9. The van der Waals surface area contributed by atoms with Gasteiger partial charge in [-0.3, -0.25) is 19.5 Å². The van der Waals surface area contributed by atoms with E-state index in [2.05, 4.69) is 15.9 Å². The number of ether oxygens (including phenoxy) is 2. The van der Waals surface area contributed by atoms with Gasteiger partial charge in [0.05, 0.1) is 40.0 Å². The molecule has 0 saturated heterocycles. The largest absolute Gasteiger partial charge is 0.496 e. The first-order chi connectivity index (χ1) is 20.7. The highest BCUT2D eigenvalue weighted by atomic mass is 79.9. The summed E-state index contributed by atoms with van der Waals surface area (Å²) in [6, 6.07) is 12.7. The second-order valence-corrected chi connectivity index (χ2v) is 11.7. The van der Waals surface area contributed by atoms with Gasteiger partial charge in [0.15, 0.2) is 4.80 Å². The summed E-state index contributed by atoms with van der Waals surface area (Å²) in [6.45, 7) is 5.65. The molecule has 4 aromatic rings. The summed E-state index contributed by atoms with van der Waals surface area (Å²) < 4.78 is 19.6. The van der Waals surface area contributed by atoms with Crippen molar-refractivity contribution in [2.75, 3.05) is 13.7 Å². The molecule has 0 bridgehead atoms. The SMILES string of the molecule is CCCC1=C(C(=O)OCC)[C@@H](c2cc(Br)ccc2OC)n2c(s/c(=C/c3ccc(-c4ccc(C)cc4[N+](=O)[O-])o3)c2=O)=N1. The molecule has 222 valence electrons. The van der Waals surface area contributed by atoms with E-state index in [1.54, 1.807) is 50.3 Å². The molecule has 0 amide bonds. The molecule has 5 rings (SSSR count). The Morgan fingerprint density at radius 1 is 1.21 bits per heavy atom. The fraction of sp³-hybridized carbons (Fsp3) is 0.258. The van der Waals surface area contributed by atoms with Crippen LogP contribution in [0.1, 0.15) is 49.6 Å². The van der Waals surface area contributed by atoms with E-state index < -0.39 is 16.9 Å². The van der Waals surface area contributed by atoms with Gasteiger partial charge in [0.2, 0.25) is 0 Å². The molecule has 10 nitrogen and oxygen atoms in total. The number of benzene rings is 2. The van der Waals surface area contributed by atoms with Crippen LogP contribution in [-0.4, -0.2) is 29.2 Å². The van der Waals surface area contributed by atoms with Gasteiger partial charge < -0.3 is 13.9 Å². The van der Waals surface area contributed by atoms with Crippen molar-refractivity contribution < 1.29 is 23.6 Å². The van der Waals surface area contributed by atoms with Gasteiger partial charge in [-0.2, -0.15) is 0 Å². The standard InChI is InChI=1S/C31H28BrN3O7S/c1-5-7-22-27(30(37)41-6-2)28(21-15-18(32)9-12-24(21)40-4)34-29(36)26(43-31(34)33-22)16-19-10-13-25(42-19)20-11-8-17(3)14-23(20)35(38)39/h8-16,28H,5-7H2,1-4H3/b26-16+/t28-/m1/s1. The van der Waals surface area contributed by atoms with Crippen LogP contribution < -0.4 is 19.6 Å². The summed E-state index contributed by atoms with van der Waals surface area (Å²) in [4.78, 5) is 43.9. The molecule has 0 radical (unpaired) electrons. The number of furan rings is 1. The quantitative estimate of drug-likeness (QED) is 0.125. The first-order valence-electron chi connectivity index (χ1n) is 13.6. The lowest BCUT2D eigenvalue weighted by molar-refractivity contribution is -0.384. The fourth-order valence-corrected chi connectivity index (χ4v) is 6.42. The van der Waals surface area contributed by atoms with Crippen LogP contribution in [0.5, 0.6) is 5.75 Å². The Hall–Kier alpha value is -4.29. The Bertz CT molecular complexity index is 1950. The maximum absolute atomic E-state index is 14.1. The van der Waals surface area contributed by atoms with Crippen LogP contribution in [0.2, 0.25) is 0 Å². The van der Waals surface area contributed by atoms with Crippen LogP contribution in [0, 0.1) is 17.0 Å². The van der Waals surface area contributed by atoms with Crippen molar-refractivity contribution in [2.24, 2.45) is 4.99 Å². The van der Waals surface area contributed by atoms with E-state index in [9.17, 15) is 19.7 Å². The second-order valence-electron chi connectivity index (χ2n) is 9.78. The first-order valence-corrected chi connectivity index (χ1v) is 15.2. The minimum atomic E-state index is -0.853. The number of hydrogen-bond acceptors (Lipinski definition) is 9. The number of esters is 1. The number of thiazole rings is 1. The number of allylic oxidation sites excluding steroid dienone is 1. The molecule has 1 aliphatic rings. The van der Waals surface area contributed by atoms with Crippen LogP contribution in [0.4, 0.5) is 5.69 Å². The number of carbonyl (C=O) groups is 1. The minimum Gasteiger partial charge on any atom is -0.496 e. The third kappa shape index (κ3) is 5.84. The Balaban J connectivity index is 1.71. The average Bonchev–Trinajstić information content (AvgIpc) is 3.56. The van der Waals surface area contributed by atoms with Crippen LogP contribution >= 0.6 is 27.3 Å². The molecule has 0 spiro atoms. The second kappa shape index (κ2) is 12.5. The molecule has 0 unspecified atom stereocenters. The maximum atomic E-state index is 14.1. The smallest absolute Gasteiger partial charge is 0.338 e. The highest BCUT2D eigenvalue weighted by molar-refractivity contribution is 9.10. The van der Waals surface area contributed by atoms with Crippen molar-refractivity contribution in [1.82, 2.24) is 4.57 Å². The third-order valence-electron chi connectivity index (χ3n) is 6.89. The van der Waals surface area contributed by atoms with Crippen LogP contribution in [0.3, 0.4) is 0 Å². The van der Waals surface area contributed by atoms with Gasteiger partial charge in [0.1, 0.15) is 23.3 Å². The number of methoxy groups -OCH3 is 1. The lowest BCUT2D eigenvalue weighted by Crippen LogP contribution is -2.40. The minimum absolute atomic E-state index is 0.0711. The maximum Gasteiger partial charge on any atom is 0.338 e. The predicted octanol–water partition coefficient (Wildman–Crippen LogP) is 5.83. The number of fused-ring (bicyclic) bond motifs is 1. The number of aryl methyl sites for hydroxylation is 1. The van der Waals surface area contributed by atoms with Crippen molar-refractivity contribution in [3.8, 4) is 17.1 Å². The van der Waals surface area contributed by atoms with E-state index in [1.807, 2.05) is 19.1 Å². The number of aromatic nitrogens is 1. The molecule has 1 atom stereocenters. The Labute approximate surface area is 258 Å². The fourth-order valence-electron chi connectivity index (χ4n) is 5.04. The Kier molecular flexibility index (Phi) is 8.79. The van der Waals surface area contributed by atoms with Crippen molar-refractivity contribution in [3.63, 3.8) is 0 Å². The zero-order valence-corrected chi connectivity index (χ0v) is 26.3. The van der Waals surface area contributed by atoms with E-state index in [-0.39, 0.29) is 23.4 Å². The van der Waals surface area contributed by atoms with Crippen LogP contribution in [-0.2, 0) is 9.53 Å². The molecule has 2 aromatic carbocycles. The monoisotopic (exact) mass is 665 g/mol. The average molecular weight is 667 g/mol. The molecule has 3 heterocycles. The van der Waals surface area contributed by atoms with E-state index >= 15 is 0 Å². The molecule has 2 aromatic heterocycles. The lowest BCUT2D eigenvalue weighted by Gasteiger charge is -2.27. The molecule has 1 aliphatic heterocycles. The number of rotatable bonds is 9. The molecule has 0 saturated carbocycles. The number of nitro groups is 1. The number of nitrogens with zero attached hydrogens (tertiary/aromatic N) is 3. The number of carbonyl (C=O) groups excluding carboxylic acids is 1. The number of hydrogen-bond donors (Lipinski definition) is 0.